The van der Waals surface area contributed by atoms with Crippen LogP contribution in [0.4, 0.5) is 0 Å². The lowest BCUT2D eigenvalue weighted by Crippen LogP contribution is -1.94. The molecule has 5 aromatic rings. The molecule has 0 radical (unpaired) electrons. The highest BCUT2D eigenvalue weighted by atomic mass is 15.2. The van der Waals surface area contributed by atoms with Gasteiger partial charge in [0.15, 0.2) is 5.65 Å². The van der Waals surface area contributed by atoms with Crippen LogP contribution in [0.25, 0.3) is 44.7 Å². The van der Waals surface area contributed by atoms with Crippen molar-refractivity contribution in [3.05, 3.63) is 79.1 Å². The Labute approximate surface area is 168 Å². The van der Waals surface area contributed by atoms with E-state index >= 15 is 0 Å². The van der Waals surface area contributed by atoms with Gasteiger partial charge in [-0.3, -0.25) is 14.6 Å². The molecule has 0 fully saturated rings. The second-order valence-electron chi connectivity index (χ2n) is 6.96. The molecule has 6 heteroatoms. The molecule has 0 aromatic carbocycles. The minimum atomic E-state index is 0.690. The Kier molecular flexibility index (Phi) is 4.09. The molecule has 0 spiro atoms. The number of nitrogens with zero attached hydrogens (tertiary/aromatic N) is 6. The van der Waals surface area contributed by atoms with Crippen molar-refractivity contribution in [2.24, 2.45) is 7.05 Å². The molecule has 0 unspecified atom stereocenters. The smallest absolute Gasteiger partial charge is 0.160 e. The highest BCUT2D eigenvalue weighted by molar-refractivity contribution is 5.95. The highest BCUT2D eigenvalue weighted by Crippen LogP contribution is 2.32. The molecule has 6 nitrogen and oxygen atoms in total. The maximum Gasteiger partial charge on any atom is 0.160 e. The molecule has 0 saturated heterocycles. The standard InChI is InChI=1S/C23H18N6/c1-15-5-3-7-21(27-15)22-10-20(19-6-4-8-25-23(19)28-22)17-9-16(11-24-12-17)18-13-26-29(2)14-18/h3-14H,1-2H3. The minimum Gasteiger partial charge on any atom is -0.275 e. The van der Waals surface area contributed by atoms with Crippen molar-refractivity contribution in [1.29, 1.82) is 0 Å². The van der Waals surface area contributed by atoms with Gasteiger partial charge in [-0.05, 0) is 48.9 Å². The zero-order valence-corrected chi connectivity index (χ0v) is 16.1. The van der Waals surface area contributed by atoms with Crippen LogP contribution in [0.5, 0.6) is 0 Å². The van der Waals surface area contributed by atoms with Crippen LogP contribution in [-0.4, -0.2) is 29.7 Å². The molecule has 0 N–H and O–H groups in total. The van der Waals surface area contributed by atoms with E-state index in [2.05, 4.69) is 32.2 Å². The van der Waals surface area contributed by atoms with E-state index in [0.29, 0.717) is 5.65 Å². The van der Waals surface area contributed by atoms with E-state index in [0.717, 1.165) is 44.7 Å². The lowest BCUT2D eigenvalue weighted by molar-refractivity contribution is 0.768. The average Bonchev–Trinajstić information content (AvgIpc) is 3.19. The third kappa shape index (κ3) is 3.25. The molecule has 0 saturated carbocycles. The summed E-state index contributed by atoms with van der Waals surface area (Å²) in [6.45, 7) is 1.98. The predicted octanol–water partition coefficient (Wildman–Crippen LogP) is 4.46. The molecule has 140 valence electrons. The van der Waals surface area contributed by atoms with Gasteiger partial charge in [0.1, 0.15) is 0 Å². The summed E-state index contributed by atoms with van der Waals surface area (Å²) in [5, 5.41) is 5.25. The van der Waals surface area contributed by atoms with Gasteiger partial charge in [-0.15, -0.1) is 0 Å². The van der Waals surface area contributed by atoms with Crippen LogP contribution in [0, 0.1) is 6.92 Å². The maximum absolute atomic E-state index is 4.75. The van der Waals surface area contributed by atoms with Crippen LogP contribution in [0.3, 0.4) is 0 Å². The predicted molar refractivity (Wildman–Crippen MR) is 113 cm³/mol. The van der Waals surface area contributed by atoms with Gasteiger partial charge in [-0.1, -0.05) is 6.07 Å². The van der Waals surface area contributed by atoms with Crippen LogP contribution in [-0.2, 0) is 7.05 Å². The summed E-state index contributed by atoms with van der Waals surface area (Å²) in [6.07, 6.45) is 9.31. The molecular formula is C23H18N6. The number of rotatable bonds is 3. The zero-order chi connectivity index (χ0) is 19.8. The van der Waals surface area contributed by atoms with Crippen LogP contribution in [0.1, 0.15) is 5.69 Å². The summed E-state index contributed by atoms with van der Waals surface area (Å²) < 4.78 is 1.79. The van der Waals surface area contributed by atoms with Gasteiger partial charge in [0.25, 0.3) is 0 Å². The normalized spacial score (nSPS) is 11.1. The third-order valence-corrected chi connectivity index (χ3v) is 4.82. The van der Waals surface area contributed by atoms with E-state index in [-0.39, 0.29) is 0 Å². The monoisotopic (exact) mass is 378 g/mol. The summed E-state index contributed by atoms with van der Waals surface area (Å²) >= 11 is 0. The largest absolute Gasteiger partial charge is 0.275 e. The lowest BCUT2D eigenvalue weighted by atomic mass is 10.00. The van der Waals surface area contributed by atoms with E-state index < -0.39 is 0 Å². The van der Waals surface area contributed by atoms with Gasteiger partial charge in [-0.25, -0.2) is 9.97 Å². The number of fused-ring (bicyclic) bond motifs is 1. The molecule has 5 heterocycles. The fourth-order valence-corrected chi connectivity index (χ4v) is 3.43. The summed E-state index contributed by atoms with van der Waals surface area (Å²) in [5.41, 5.74) is 7.33. The van der Waals surface area contributed by atoms with Gasteiger partial charge in [0, 0.05) is 59.6 Å². The number of hydrogen-bond acceptors (Lipinski definition) is 5. The van der Waals surface area contributed by atoms with Gasteiger partial charge >= 0.3 is 0 Å². The number of pyridine rings is 4. The Hall–Kier alpha value is -3.93. The van der Waals surface area contributed by atoms with Crippen molar-refractivity contribution in [2.75, 3.05) is 0 Å². The Morgan fingerprint density at radius 1 is 0.828 bits per heavy atom. The molecule has 0 aliphatic rings. The van der Waals surface area contributed by atoms with Crippen molar-refractivity contribution in [2.45, 2.75) is 6.92 Å². The highest BCUT2D eigenvalue weighted by Gasteiger charge is 2.12. The number of aryl methyl sites for hydroxylation is 2. The second kappa shape index (κ2) is 6.91. The topological polar surface area (TPSA) is 69.4 Å². The summed E-state index contributed by atoms with van der Waals surface area (Å²) in [5.74, 6) is 0. The summed E-state index contributed by atoms with van der Waals surface area (Å²) in [6, 6.07) is 14.1. The van der Waals surface area contributed by atoms with E-state index in [1.54, 1.807) is 10.9 Å². The van der Waals surface area contributed by atoms with E-state index in [1.165, 1.54) is 0 Å². The molecule has 5 aromatic heterocycles. The average molecular weight is 378 g/mol. The summed E-state index contributed by atoms with van der Waals surface area (Å²) in [4.78, 5) is 18.3. The number of aromatic nitrogens is 6. The molecular weight excluding hydrogens is 360 g/mol. The second-order valence-corrected chi connectivity index (χ2v) is 6.96. The van der Waals surface area contributed by atoms with Crippen LogP contribution >= 0.6 is 0 Å². The van der Waals surface area contributed by atoms with Crippen LogP contribution in [0.15, 0.2) is 73.4 Å². The van der Waals surface area contributed by atoms with Crippen molar-refractivity contribution >= 4 is 11.0 Å². The summed E-state index contributed by atoms with van der Waals surface area (Å²) in [7, 11) is 1.91. The van der Waals surface area contributed by atoms with E-state index in [1.807, 2.05) is 69.1 Å². The molecule has 29 heavy (non-hydrogen) atoms. The molecule has 0 aliphatic carbocycles. The minimum absolute atomic E-state index is 0.690. The fraction of sp³-hybridized carbons (Fsp3) is 0.0870. The molecule has 0 amide bonds. The van der Waals surface area contributed by atoms with Crippen LogP contribution < -0.4 is 0 Å². The van der Waals surface area contributed by atoms with Crippen molar-refractivity contribution < 1.29 is 0 Å². The SMILES string of the molecule is Cc1cccc(-c2cc(-c3cncc(-c4cnn(C)c4)c3)c3cccnc3n2)n1. The van der Waals surface area contributed by atoms with E-state index in [9.17, 15) is 0 Å². The first-order chi connectivity index (χ1) is 14.2. The molecule has 0 bridgehead atoms. The zero-order valence-electron chi connectivity index (χ0n) is 16.1. The van der Waals surface area contributed by atoms with Gasteiger partial charge < -0.3 is 0 Å². The molecule has 5 rings (SSSR count). The third-order valence-electron chi connectivity index (χ3n) is 4.82. The first-order valence-corrected chi connectivity index (χ1v) is 9.32. The Morgan fingerprint density at radius 3 is 2.55 bits per heavy atom. The van der Waals surface area contributed by atoms with Gasteiger partial charge in [0.2, 0.25) is 0 Å². The van der Waals surface area contributed by atoms with Crippen molar-refractivity contribution in [3.63, 3.8) is 0 Å². The first-order valence-electron chi connectivity index (χ1n) is 9.32. The quantitative estimate of drug-likeness (QED) is 0.463. The van der Waals surface area contributed by atoms with Gasteiger partial charge in [0.05, 0.1) is 17.6 Å². The van der Waals surface area contributed by atoms with Crippen molar-refractivity contribution in [3.8, 4) is 33.6 Å². The Balaban J connectivity index is 1.72. The fourth-order valence-electron chi connectivity index (χ4n) is 3.43. The lowest BCUT2D eigenvalue weighted by Gasteiger charge is -2.10. The first kappa shape index (κ1) is 17.2. The van der Waals surface area contributed by atoms with E-state index in [4.69, 9.17) is 4.98 Å². The molecule has 0 atom stereocenters. The maximum atomic E-state index is 4.75. The van der Waals surface area contributed by atoms with Crippen molar-refractivity contribution in [1.82, 2.24) is 29.7 Å². The Bertz CT molecular complexity index is 1340. The number of hydrogen-bond donors (Lipinski definition) is 0. The Morgan fingerprint density at radius 2 is 1.72 bits per heavy atom. The molecule has 0 aliphatic heterocycles. The van der Waals surface area contributed by atoms with Crippen LogP contribution in [0.2, 0.25) is 0 Å². The van der Waals surface area contributed by atoms with Gasteiger partial charge in [-0.2, -0.15) is 5.10 Å².